The number of aliphatic hydroxyl groups is 1. The average Bonchev–Trinajstić information content (AvgIpc) is 3.98. The molecule has 4 fully saturated rings. The van der Waals surface area contributed by atoms with E-state index in [1.54, 1.807) is 38.9 Å². The van der Waals surface area contributed by atoms with E-state index in [0.717, 1.165) is 18.4 Å². The highest BCUT2D eigenvalue weighted by Crippen LogP contribution is 2.39. The van der Waals surface area contributed by atoms with Crippen molar-refractivity contribution in [2.45, 2.75) is 179 Å². The molecule has 1 aliphatic carbocycles. The Hall–Kier alpha value is -4.26. The molecule has 1 aromatic rings. The number of nitrogens with zero attached hydrogens (tertiary/aromatic N) is 5. The Balaban J connectivity index is 1.29. The SMILES string of the molecule is COC1CC(C[C@@H](C)[C@@H]2CC(=O)[C@H](C)/C=C(\C)[C@H]3OC(CC/C=C/C=C/C=C(\C)[C@@H](OC)C[C@@H]4CCC(C)C(O)(O4)C(=O)C(=O)N4CCCCC4C(=O)O2)C(=O)C3OC)CCC1n1ncnn1. The minimum Gasteiger partial charge on any atom is -0.460 e. The minimum absolute atomic E-state index is 0.0846. The number of aromatic nitrogens is 4. The third-order valence-corrected chi connectivity index (χ3v) is 14.8. The third kappa shape index (κ3) is 12.5. The molecule has 1 amide bonds. The van der Waals surface area contributed by atoms with E-state index in [1.807, 2.05) is 51.2 Å². The van der Waals surface area contributed by atoms with Crippen LogP contribution in [0.2, 0.25) is 0 Å². The van der Waals surface area contributed by atoms with Crippen molar-refractivity contribution in [3.8, 4) is 0 Å². The van der Waals surface area contributed by atoms with Crippen LogP contribution in [-0.2, 0) is 52.4 Å². The van der Waals surface area contributed by atoms with Crippen molar-refractivity contribution in [1.82, 2.24) is 25.1 Å². The molecular weight excluding hydrogens is 863 g/mol. The molecule has 5 heterocycles. The molecule has 67 heavy (non-hydrogen) atoms. The zero-order valence-corrected chi connectivity index (χ0v) is 40.6. The van der Waals surface area contributed by atoms with Crippen LogP contribution in [0.3, 0.4) is 0 Å². The lowest BCUT2D eigenvalue weighted by Crippen LogP contribution is -2.61. The molecule has 17 heteroatoms. The van der Waals surface area contributed by atoms with E-state index >= 15 is 0 Å². The van der Waals surface area contributed by atoms with Crippen LogP contribution in [0.25, 0.3) is 0 Å². The first kappa shape index (κ1) is 52.1. The number of ether oxygens (including phenoxy) is 6. The molecule has 0 spiro atoms. The van der Waals surface area contributed by atoms with E-state index in [-0.39, 0.29) is 54.9 Å². The average molecular weight is 936 g/mol. The second-order valence-corrected chi connectivity index (χ2v) is 19.5. The van der Waals surface area contributed by atoms with Crippen molar-refractivity contribution in [2.75, 3.05) is 27.9 Å². The molecule has 0 radical (unpaired) electrons. The number of allylic oxidation sites excluding steroid dienone is 6. The number of esters is 1. The number of amides is 1. The van der Waals surface area contributed by atoms with Gasteiger partial charge in [-0.3, -0.25) is 19.2 Å². The third-order valence-electron chi connectivity index (χ3n) is 14.8. The predicted molar refractivity (Wildman–Crippen MR) is 245 cm³/mol. The number of Topliss-reactive ketones (excluding diaryl/α,β-unsaturated/α-hetero) is 3. The molecule has 14 atom stereocenters. The standard InChI is InChI=1S/C50H73N5O12/c1-30-16-12-10-9-11-13-18-40-44(57)46(64-8)45(65-40)33(4)24-31(2)39(56)28-42(32(3)25-35-20-22-37(43(26-35)63-7)55-52-29-51-53-55)66-49(60)38-17-14-15-23-54(38)48(59)47(58)50(61)34(5)19-21-36(67-50)27-41(30)62-6/h9-12,16,24,29,31-32,34-38,40-43,45-46,61H,13-15,17-23,25-28H2,1-8H3/b11-9+,12-10+,30-16+,33-24+/t31-,32-,34?,35?,36+,37?,38?,40?,41+,42+,43?,45-,46?,50?/m1/s1. The van der Waals surface area contributed by atoms with Gasteiger partial charge in [0, 0.05) is 52.6 Å². The lowest BCUT2D eigenvalue weighted by Gasteiger charge is -2.42. The van der Waals surface area contributed by atoms with Crippen molar-refractivity contribution in [2.24, 2.45) is 23.7 Å². The van der Waals surface area contributed by atoms with Crippen LogP contribution < -0.4 is 0 Å². The van der Waals surface area contributed by atoms with E-state index in [2.05, 4.69) is 15.4 Å². The summed E-state index contributed by atoms with van der Waals surface area (Å²) in [6.45, 7) is 9.28. The fourth-order valence-corrected chi connectivity index (χ4v) is 10.6. The van der Waals surface area contributed by atoms with Crippen molar-refractivity contribution in [1.29, 1.82) is 0 Å². The Labute approximate surface area is 395 Å². The summed E-state index contributed by atoms with van der Waals surface area (Å²) in [6.07, 6.45) is 14.9. The van der Waals surface area contributed by atoms with Gasteiger partial charge < -0.3 is 38.4 Å². The minimum atomic E-state index is -2.41. The molecule has 1 aromatic heterocycles. The fourth-order valence-electron chi connectivity index (χ4n) is 10.6. The monoisotopic (exact) mass is 936 g/mol. The summed E-state index contributed by atoms with van der Waals surface area (Å²) in [7, 11) is 4.73. The number of rotatable bonds is 7. The van der Waals surface area contributed by atoms with Gasteiger partial charge in [-0.2, -0.15) is 4.80 Å². The van der Waals surface area contributed by atoms with Crippen LogP contribution in [0.1, 0.15) is 124 Å². The number of tetrazole rings is 1. The highest BCUT2D eigenvalue weighted by atomic mass is 16.6. The van der Waals surface area contributed by atoms with E-state index in [9.17, 15) is 29.1 Å². The van der Waals surface area contributed by atoms with Gasteiger partial charge in [-0.25, -0.2) is 4.79 Å². The summed E-state index contributed by atoms with van der Waals surface area (Å²) in [6, 6.07) is -1.20. The molecule has 1 N–H and O–H groups in total. The summed E-state index contributed by atoms with van der Waals surface area (Å²) in [5.41, 5.74) is 1.58. The zero-order valence-electron chi connectivity index (χ0n) is 40.6. The molecule has 5 aliphatic rings. The van der Waals surface area contributed by atoms with Gasteiger partial charge in [0.1, 0.15) is 36.2 Å². The van der Waals surface area contributed by atoms with E-state index < -0.39 is 77.9 Å². The van der Waals surface area contributed by atoms with E-state index in [0.29, 0.717) is 63.4 Å². The van der Waals surface area contributed by atoms with Crippen LogP contribution in [0, 0.1) is 23.7 Å². The lowest BCUT2D eigenvalue weighted by atomic mass is 9.77. The van der Waals surface area contributed by atoms with Crippen molar-refractivity contribution in [3.63, 3.8) is 0 Å². The molecule has 3 saturated heterocycles. The summed E-state index contributed by atoms with van der Waals surface area (Å²) in [5, 5.41) is 24.2. The van der Waals surface area contributed by atoms with Crippen LogP contribution in [0.15, 0.2) is 53.9 Å². The maximum Gasteiger partial charge on any atom is 0.329 e. The van der Waals surface area contributed by atoms with Crippen molar-refractivity contribution >= 4 is 29.2 Å². The molecule has 8 unspecified atom stereocenters. The second-order valence-electron chi connectivity index (χ2n) is 19.5. The molecule has 370 valence electrons. The maximum atomic E-state index is 14.5. The summed E-state index contributed by atoms with van der Waals surface area (Å²) in [5.74, 6) is -7.06. The van der Waals surface area contributed by atoms with Gasteiger partial charge in [0.2, 0.25) is 5.79 Å². The second kappa shape index (κ2) is 23.8. The normalized spacial score (nSPS) is 38.9. The molecule has 0 aromatic carbocycles. The van der Waals surface area contributed by atoms with Crippen LogP contribution >= 0.6 is 0 Å². The lowest BCUT2D eigenvalue weighted by molar-refractivity contribution is -0.265. The molecule has 4 bridgehead atoms. The molecule has 1 saturated carbocycles. The fraction of sp³-hybridized carbons (Fsp3) is 0.720. The maximum absolute atomic E-state index is 14.5. The van der Waals surface area contributed by atoms with Gasteiger partial charge in [-0.1, -0.05) is 57.2 Å². The number of fused-ring (bicyclic) bond motifs is 5. The van der Waals surface area contributed by atoms with Gasteiger partial charge in [0.25, 0.3) is 11.7 Å². The summed E-state index contributed by atoms with van der Waals surface area (Å²) < 4.78 is 36.2. The van der Waals surface area contributed by atoms with Gasteiger partial charge in [0.15, 0.2) is 12.1 Å². The number of cyclic esters (lactones) is 1. The number of carbonyl (C=O) groups excluding carboxylic acids is 5. The van der Waals surface area contributed by atoms with E-state index in [4.69, 9.17) is 28.4 Å². The Kier molecular flexibility index (Phi) is 18.5. The first-order chi connectivity index (χ1) is 32.1. The number of methoxy groups -OCH3 is 3. The van der Waals surface area contributed by atoms with Gasteiger partial charge in [-0.05, 0) is 113 Å². The Morgan fingerprint density at radius 3 is 2.42 bits per heavy atom. The first-order valence-electron chi connectivity index (χ1n) is 24.3. The van der Waals surface area contributed by atoms with Crippen molar-refractivity contribution in [3.05, 3.63) is 53.9 Å². The number of ketones is 3. The number of piperidine rings is 1. The molecular formula is C50H73N5O12. The highest BCUT2D eigenvalue weighted by molar-refractivity contribution is 6.39. The zero-order chi connectivity index (χ0) is 48.4. The first-order valence-corrected chi connectivity index (χ1v) is 24.3. The summed E-state index contributed by atoms with van der Waals surface area (Å²) in [4.78, 5) is 73.6. The van der Waals surface area contributed by atoms with Gasteiger partial charge >= 0.3 is 5.97 Å². The number of hydrogen-bond acceptors (Lipinski definition) is 15. The van der Waals surface area contributed by atoms with Gasteiger partial charge in [-0.15, -0.1) is 10.2 Å². The highest BCUT2D eigenvalue weighted by Gasteiger charge is 2.53. The van der Waals surface area contributed by atoms with E-state index in [1.165, 1.54) is 18.3 Å². The smallest absolute Gasteiger partial charge is 0.329 e. The summed E-state index contributed by atoms with van der Waals surface area (Å²) >= 11 is 0. The van der Waals surface area contributed by atoms with Crippen LogP contribution in [0.4, 0.5) is 0 Å². The topological polar surface area (TPSA) is 208 Å². The predicted octanol–water partition coefficient (Wildman–Crippen LogP) is 5.57. The van der Waals surface area contributed by atoms with Gasteiger partial charge in [0.05, 0.1) is 24.4 Å². The Morgan fingerprint density at radius 2 is 1.70 bits per heavy atom. The van der Waals surface area contributed by atoms with Crippen LogP contribution in [-0.4, -0.2) is 142 Å². The molecule has 6 rings (SSSR count). The number of hydrogen-bond donors (Lipinski definition) is 1. The molecule has 4 aliphatic heterocycles. The Bertz CT molecular complexity index is 2000. The van der Waals surface area contributed by atoms with Crippen LogP contribution in [0.5, 0.6) is 0 Å². The number of carbonyl (C=O) groups is 5. The van der Waals surface area contributed by atoms with Crippen molar-refractivity contribution < 1.29 is 57.5 Å². The molecule has 17 nitrogen and oxygen atoms in total. The Morgan fingerprint density at radius 1 is 0.910 bits per heavy atom. The quantitative estimate of drug-likeness (QED) is 0.201. The largest absolute Gasteiger partial charge is 0.460 e.